The summed E-state index contributed by atoms with van der Waals surface area (Å²) in [6.45, 7) is 4.06. The summed E-state index contributed by atoms with van der Waals surface area (Å²) in [7, 11) is -2.26. The number of carbonyl (C=O) groups excluding carboxylic acids is 1. The Morgan fingerprint density at radius 1 is 1.00 bits per heavy atom. The minimum atomic E-state index is -3.73. The third kappa shape index (κ3) is 5.64. The molecule has 3 rings (SSSR count). The standard InChI is InChI=1S/C24H26N2O4S/c1-18-12-14-23(15-13-18)31(28,29)26(3)21-9-7-8-20(16-21)24(27)25-19(2)17-30-22-10-5-4-6-11-22/h4-16,19H,17H2,1-3H3,(H,25,27)/t19-/m1/s1. The van der Waals surface area contributed by atoms with Crippen molar-refractivity contribution in [2.75, 3.05) is 18.0 Å². The van der Waals surface area contributed by atoms with Gasteiger partial charge >= 0.3 is 0 Å². The normalized spacial score (nSPS) is 12.1. The highest BCUT2D eigenvalue weighted by atomic mass is 32.2. The number of para-hydroxylation sites is 1. The zero-order valence-corrected chi connectivity index (χ0v) is 18.6. The minimum absolute atomic E-state index is 0.196. The second-order valence-electron chi connectivity index (χ2n) is 7.33. The van der Waals surface area contributed by atoms with Crippen molar-refractivity contribution in [2.24, 2.45) is 0 Å². The van der Waals surface area contributed by atoms with Crippen molar-refractivity contribution in [1.29, 1.82) is 0 Å². The van der Waals surface area contributed by atoms with E-state index < -0.39 is 10.0 Å². The number of ether oxygens (including phenoxy) is 1. The van der Waals surface area contributed by atoms with Crippen LogP contribution in [-0.4, -0.2) is 34.0 Å². The fraction of sp³-hybridized carbons (Fsp3) is 0.208. The summed E-state index contributed by atoms with van der Waals surface area (Å²) in [6.07, 6.45) is 0. The number of aryl methyl sites for hydroxylation is 1. The van der Waals surface area contributed by atoms with Gasteiger partial charge in [0.05, 0.1) is 16.6 Å². The molecule has 1 N–H and O–H groups in total. The van der Waals surface area contributed by atoms with Gasteiger partial charge in [-0.25, -0.2) is 8.42 Å². The molecule has 1 amide bonds. The first kappa shape index (κ1) is 22.4. The van der Waals surface area contributed by atoms with Crippen LogP contribution in [0.1, 0.15) is 22.8 Å². The summed E-state index contributed by atoms with van der Waals surface area (Å²) in [6, 6.07) is 22.3. The maximum absolute atomic E-state index is 12.9. The first-order valence-electron chi connectivity index (χ1n) is 9.92. The van der Waals surface area contributed by atoms with Crippen LogP contribution in [0.3, 0.4) is 0 Å². The van der Waals surface area contributed by atoms with Crippen LogP contribution >= 0.6 is 0 Å². The van der Waals surface area contributed by atoms with E-state index in [2.05, 4.69) is 5.32 Å². The topological polar surface area (TPSA) is 75.7 Å². The smallest absolute Gasteiger partial charge is 0.264 e. The Balaban J connectivity index is 1.68. The summed E-state index contributed by atoms with van der Waals surface area (Å²) >= 11 is 0. The minimum Gasteiger partial charge on any atom is -0.491 e. The van der Waals surface area contributed by atoms with Gasteiger partial charge in [-0.05, 0) is 56.3 Å². The summed E-state index contributed by atoms with van der Waals surface area (Å²) in [5.74, 6) is 0.431. The molecule has 0 aliphatic rings. The molecule has 3 aromatic carbocycles. The van der Waals surface area contributed by atoms with Crippen LogP contribution in [0.25, 0.3) is 0 Å². The number of hydrogen-bond acceptors (Lipinski definition) is 4. The fourth-order valence-corrected chi connectivity index (χ4v) is 4.12. The Kier molecular flexibility index (Phi) is 6.97. The van der Waals surface area contributed by atoms with Crippen molar-refractivity contribution in [2.45, 2.75) is 24.8 Å². The highest BCUT2D eigenvalue weighted by Gasteiger charge is 2.22. The van der Waals surface area contributed by atoms with Crippen LogP contribution in [0.2, 0.25) is 0 Å². The van der Waals surface area contributed by atoms with Crippen molar-refractivity contribution < 1.29 is 17.9 Å². The predicted molar refractivity (Wildman–Crippen MR) is 122 cm³/mol. The number of nitrogens with zero attached hydrogens (tertiary/aromatic N) is 1. The Morgan fingerprint density at radius 2 is 1.68 bits per heavy atom. The van der Waals surface area contributed by atoms with Gasteiger partial charge in [-0.15, -0.1) is 0 Å². The lowest BCUT2D eigenvalue weighted by atomic mass is 10.2. The number of rotatable bonds is 8. The van der Waals surface area contributed by atoms with Gasteiger partial charge in [0.15, 0.2) is 0 Å². The van der Waals surface area contributed by atoms with Crippen molar-refractivity contribution >= 4 is 21.6 Å². The third-order valence-electron chi connectivity index (χ3n) is 4.77. The van der Waals surface area contributed by atoms with E-state index in [0.29, 0.717) is 17.9 Å². The van der Waals surface area contributed by atoms with Gasteiger partial charge in [0.1, 0.15) is 12.4 Å². The monoisotopic (exact) mass is 438 g/mol. The molecule has 1 atom stereocenters. The third-order valence-corrected chi connectivity index (χ3v) is 6.57. The number of hydrogen-bond donors (Lipinski definition) is 1. The van der Waals surface area contributed by atoms with Gasteiger partial charge in [-0.3, -0.25) is 9.10 Å². The van der Waals surface area contributed by atoms with Gasteiger partial charge in [-0.1, -0.05) is 42.0 Å². The highest BCUT2D eigenvalue weighted by Crippen LogP contribution is 2.23. The number of anilines is 1. The fourth-order valence-electron chi connectivity index (χ4n) is 2.94. The van der Waals surface area contributed by atoms with Crippen molar-refractivity contribution in [3.05, 3.63) is 90.0 Å². The first-order valence-corrected chi connectivity index (χ1v) is 11.4. The summed E-state index contributed by atoms with van der Waals surface area (Å²) in [4.78, 5) is 12.9. The van der Waals surface area contributed by atoms with Crippen molar-refractivity contribution in [3.8, 4) is 5.75 Å². The summed E-state index contributed by atoms with van der Waals surface area (Å²) in [5.41, 5.74) is 1.75. The van der Waals surface area contributed by atoms with E-state index in [4.69, 9.17) is 4.74 Å². The Bertz CT molecular complexity index is 1130. The number of amides is 1. The molecule has 0 unspecified atom stereocenters. The van der Waals surface area contributed by atoms with Crippen LogP contribution in [0, 0.1) is 6.92 Å². The van der Waals surface area contributed by atoms with E-state index in [1.54, 1.807) is 48.5 Å². The van der Waals surface area contributed by atoms with E-state index >= 15 is 0 Å². The molecule has 162 valence electrons. The zero-order valence-electron chi connectivity index (χ0n) is 17.8. The number of sulfonamides is 1. The zero-order chi connectivity index (χ0) is 22.4. The van der Waals surface area contributed by atoms with E-state index in [1.165, 1.54) is 11.4 Å². The second-order valence-corrected chi connectivity index (χ2v) is 9.30. The average Bonchev–Trinajstić information content (AvgIpc) is 2.78. The lowest BCUT2D eigenvalue weighted by Crippen LogP contribution is -2.37. The van der Waals surface area contributed by atoms with Crippen molar-refractivity contribution in [1.82, 2.24) is 5.32 Å². The van der Waals surface area contributed by atoms with Gasteiger partial charge in [0.2, 0.25) is 0 Å². The Morgan fingerprint density at radius 3 is 2.35 bits per heavy atom. The second kappa shape index (κ2) is 9.66. The van der Waals surface area contributed by atoms with E-state index in [0.717, 1.165) is 11.3 Å². The van der Waals surface area contributed by atoms with E-state index in [9.17, 15) is 13.2 Å². The molecule has 0 spiro atoms. The maximum Gasteiger partial charge on any atom is 0.264 e. The lowest BCUT2D eigenvalue weighted by Gasteiger charge is -2.20. The van der Waals surface area contributed by atoms with Gasteiger partial charge in [-0.2, -0.15) is 0 Å². The molecule has 0 aliphatic heterocycles. The molecule has 3 aromatic rings. The molecule has 0 fully saturated rings. The molecule has 0 bridgehead atoms. The molecule has 0 saturated heterocycles. The van der Waals surface area contributed by atoms with Crippen LogP contribution in [0.15, 0.2) is 83.8 Å². The lowest BCUT2D eigenvalue weighted by molar-refractivity contribution is 0.0926. The molecule has 0 aliphatic carbocycles. The van der Waals surface area contributed by atoms with Crippen LogP contribution in [-0.2, 0) is 10.0 Å². The molecular formula is C24H26N2O4S. The molecule has 0 saturated carbocycles. The number of nitrogens with one attached hydrogen (secondary N) is 1. The molecule has 0 heterocycles. The quantitative estimate of drug-likeness (QED) is 0.576. The van der Waals surface area contributed by atoms with Gasteiger partial charge in [0, 0.05) is 12.6 Å². The molecule has 31 heavy (non-hydrogen) atoms. The highest BCUT2D eigenvalue weighted by molar-refractivity contribution is 7.92. The van der Waals surface area contributed by atoms with Crippen LogP contribution in [0.5, 0.6) is 5.75 Å². The molecule has 6 nitrogen and oxygen atoms in total. The SMILES string of the molecule is Cc1ccc(S(=O)(=O)N(C)c2cccc(C(=O)N[C@H](C)COc3ccccc3)c2)cc1. The summed E-state index contributed by atoms with van der Waals surface area (Å²) < 4.78 is 32.7. The van der Waals surface area contributed by atoms with E-state index in [1.807, 2.05) is 44.2 Å². The van der Waals surface area contributed by atoms with E-state index in [-0.39, 0.29) is 16.8 Å². The van der Waals surface area contributed by atoms with Gasteiger partial charge in [0.25, 0.3) is 15.9 Å². The van der Waals surface area contributed by atoms with Crippen LogP contribution in [0.4, 0.5) is 5.69 Å². The predicted octanol–water partition coefficient (Wildman–Crippen LogP) is 4.02. The first-order chi connectivity index (χ1) is 14.8. The van der Waals surface area contributed by atoms with Crippen molar-refractivity contribution in [3.63, 3.8) is 0 Å². The number of carbonyl (C=O) groups is 1. The van der Waals surface area contributed by atoms with Gasteiger partial charge < -0.3 is 10.1 Å². The average molecular weight is 439 g/mol. The Hall–Kier alpha value is -3.32. The Labute approximate surface area is 183 Å². The largest absolute Gasteiger partial charge is 0.491 e. The van der Waals surface area contributed by atoms with Crippen LogP contribution < -0.4 is 14.4 Å². The molecule has 0 aromatic heterocycles. The molecule has 7 heteroatoms. The molecular weight excluding hydrogens is 412 g/mol. The number of benzene rings is 3. The molecule has 0 radical (unpaired) electrons. The maximum atomic E-state index is 12.9. The summed E-state index contributed by atoms with van der Waals surface area (Å²) in [5, 5.41) is 2.88.